The van der Waals surface area contributed by atoms with Crippen molar-refractivity contribution in [1.29, 1.82) is 0 Å². The van der Waals surface area contributed by atoms with E-state index in [2.05, 4.69) is 4.74 Å². The number of halogens is 3. The zero-order chi connectivity index (χ0) is 8.20. The van der Waals surface area contributed by atoms with Gasteiger partial charge < -0.3 is 4.74 Å². The summed E-state index contributed by atoms with van der Waals surface area (Å²) in [5.74, 6) is -1.53. The molecule has 0 spiro atoms. The molecule has 0 aromatic heterocycles. The number of ether oxygens (including phenoxy) is 1. The normalized spacial score (nSPS) is 11.2. The molecule has 0 saturated carbocycles. The van der Waals surface area contributed by atoms with E-state index < -0.39 is 10.8 Å². The van der Waals surface area contributed by atoms with Crippen molar-refractivity contribution in [2.75, 3.05) is 6.61 Å². The Bertz CT molecular complexity index is 121. The van der Waals surface area contributed by atoms with Crippen molar-refractivity contribution < 1.29 is 18.3 Å². The molecule has 5 heteroatoms. The number of carbonyl (C=O) groups is 1. The molecule has 0 aromatic carbocycles. The molecule has 0 saturated heterocycles. The summed E-state index contributed by atoms with van der Waals surface area (Å²) in [6.07, 6.45) is 0.537. The van der Waals surface area contributed by atoms with Crippen LogP contribution in [-0.2, 0) is 9.53 Å². The number of alkyl halides is 3. The van der Waals surface area contributed by atoms with E-state index in [0.29, 0.717) is 6.42 Å². The minimum Gasteiger partial charge on any atom is -0.461 e. The predicted octanol–water partition coefficient (Wildman–Crippen LogP) is 1.93. The molecule has 0 rings (SSSR count). The summed E-state index contributed by atoms with van der Waals surface area (Å²) >= 11 is 1.87. The van der Waals surface area contributed by atoms with Gasteiger partial charge in [0.2, 0.25) is 0 Å². The highest BCUT2D eigenvalue weighted by Crippen LogP contribution is 2.22. The summed E-state index contributed by atoms with van der Waals surface area (Å²) in [6.45, 7) is 1.75. The van der Waals surface area contributed by atoms with Crippen molar-refractivity contribution in [3.05, 3.63) is 0 Å². The highest BCUT2D eigenvalue weighted by molar-refractivity contribution is 9.10. The summed E-state index contributed by atoms with van der Waals surface area (Å²) in [5.41, 5.74) is 0. The van der Waals surface area contributed by atoms with Crippen LogP contribution in [0.4, 0.5) is 8.78 Å². The van der Waals surface area contributed by atoms with E-state index in [1.54, 1.807) is 6.92 Å². The van der Waals surface area contributed by atoms with E-state index in [4.69, 9.17) is 0 Å². The van der Waals surface area contributed by atoms with E-state index in [9.17, 15) is 13.6 Å². The maximum absolute atomic E-state index is 11.9. The van der Waals surface area contributed by atoms with E-state index in [1.807, 2.05) is 15.9 Å². The molecule has 2 nitrogen and oxygen atoms in total. The maximum Gasteiger partial charge on any atom is 0.395 e. The Balaban J connectivity index is 3.64. The number of carbonyl (C=O) groups excluding carboxylic acids is 1. The van der Waals surface area contributed by atoms with Gasteiger partial charge in [-0.15, -0.1) is 0 Å². The van der Waals surface area contributed by atoms with Crippen molar-refractivity contribution in [3.63, 3.8) is 0 Å². The van der Waals surface area contributed by atoms with E-state index in [0.717, 1.165) is 0 Å². The van der Waals surface area contributed by atoms with E-state index >= 15 is 0 Å². The fourth-order valence-electron chi connectivity index (χ4n) is 0.277. The van der Waals surface area contributed by atoms with Gasteiger partial charge in [0.1, 0.15) is 0 Å². The molecule has 0 aromatic rings. The lowest BCUT2D eigenvalue weighted by molar-refractivity contribution is -0.159. The largest absolute Gasteiger partial charge is 0.461 e. The van der Waals surface area contributed by atoms with Crippen LogP contribution in [0.2, 0.25) is 0 Å². The molecular formula is C5H7BrF2O2. The van der Waals surface area contributed by atoms with Gasteiger partial charge in [-0.2, -0.15) is 8.78 Å². The molecule has 0 N–H and O–H groups in total. The number of hydrogen-bond donors (Lipinski definition) is 0. The first kappa shape index (κ1) is 9.81. The minimum absolute atomic E-state index is 0.0278. The second kappa shape index (κ2) is 3.85. The topological polar surface area (TPSA) is 26.3 Å². The first-order chi connectivity index (χ1) is 4.48. The molecule has 0 atom stereocenters. The van der Waals surface area contributed by atoms with Crippen molar-refractivity contribution in [2.45, 2.75) is 18.2 Å². The number of rotatable bonds is 3. The monoisotopic (exact) mass is 216 g/mol. The molecule has 0 aliphatic carbocycles. The molecule has 0 aliphatic rings. The average Bonchev–Trinajstić information content (AvgIpc) is 1.80. The van der Waals surface area contributed by atoms with Crippen LogP contribution in [-0.4, -0.2) is 17.4 Å². The Morgan fingerprint density at radius 2 is 2.20 bits per heavy atom. The third-order valence-electron chi connectivity index (χ3n) is 0.669. The molecule has 0 amide bonds. The van der Waals surface area contributed by atoms with Crippen LogP contribution in [0.5, 0.6) is 0 Å². The molecule has 0 unspecified atom stereocenters. The Morgan fingerprint density at radius 3 is 2.50 bits per heavy atom. The van der Waals surface area contributed by atoms with Gasteiger partial charge in [-0.1, -0.05) is 6.92 Å². The quantitative estimate of drug-likeness (QED) is 0.533. The van der Waals surface area contributed by atoms with Gasteiger partial charge in [0, 0.05) is 15.9 Å². The zero-order valence-electron chi connectivity index (χ0n) is 5.36. The Labute approximate surface area is 65.7 Å². The highest BCUT2D eigenvalue weighted by Gasteiger charge is 2.36. The van der Waals surface area contributed by atoms with Gasteiger partial charge in [0.05, 0.1) is 6.61 Å². The van der Waals surface area contributed by atoms with Crippen molar-refractivity contribution >= 4 is 21.9 Å². The molecule has 0 heterocycles. The van der Waals surface area contributed by atoms with Gasteiger partial charge in [0.25, 0.3) is 0 Å². The fourth-order valence-corrected chi connectivity index (χ4v) is 0.391. The van der Waals surface area contributed by atoms with Crippen LogP contribution >= 0.6 is 15.9 Å². The fraction of sp³-hybridized carbons (Fsp3) is 0.800. The van der Waals surface area contributed by atoms with Crippen molar-refractivity contribution in [2.24, 2.45) is 0 Å². The second-order valence-corrected chi connectivity index (χ2v) is 2.63. The lowest BCUT2D eigenvalue weighted by atomic mass is 10.5. The van der Waals surface area contributed by atoms with Crippen LogP contribution in [0.1, 0.15) is 13.3 Å². The molecular weight excluding hydrogens is 210 g/mol. The number of hydrogen-bond acceptors (Lipinski definition) is 2. The smallest absolute Gasteiger partial charge is 0.395 e. The Morgan fingerprint density at radius 1 is 1.70 bits per heavy atom. The van der Waals surface area contributed by atoms with Crippen LogP contribution in [0.25, 0.3) is 0 Å². The van der Waals surface area contributed by atoms with Gasteiger partial charge in [-0.25, -0.2) is 4.79 Å². The molecule has 0 aliphatic heterocycles. The summed E-state index contributed by atoms with van der Waals surface area (Å²) in [4.78, 5) is 6.66. The highest BCUT2D eigenvalue weighted by atomic mass is 79.9. The van der Waals surface area contributed by atoms with Crippen LogP contribution in [0.15, 0.2) is 0 Å². The Hall–Kier alpha value is -0.190. The van der Waals surface area contributed by atoms with Crippen LogP contribution < -0.4 is 0 Å². The molecule has 10 heavy (non-hydrogen) atoms. The summed E-state index contributed by atoms with van der Waals surface area (Å²) < 4.78 is 27.9. The van der Waals surface area contributed by atoms with Crippen molar-refractivity contribution in [1.82, 2.24) is 0 Å². The standard InChI is InChI=1S/C5H7BrF2O2/c1-2-3-10-4(9)5(6,7)8/h2-3H2,1H3. The molecule has 0 bridgehead atoms. The Kier molecular flexibility index (Phi) is 3.78. The molecule has 0 radical (unpaired) electrons. The first-order valence-corrected chi connectivity index (χ1v) is 3.51. The van der Waals surface area contributed by atoms with E-state index in [-0.39, 0.29) is 6.61 Å². The number of esters is 1. The zero-order valence-corrected chi connectivity index (χ0v) is 6.95. The van der Waals surface area contributed by atoms with Gasteiger partial charge in [-0.3, -0.25) is 0 Å². The van der Waals surface area contributed by atoms with Gasteiger partial charge >= 0.3 is 10.8 Å². The third-order valence-corrected chi connectivity index (χ3v) is 0.992. The molecule has 0 fully saturated rings. The maximum atomic E-state index is 11.9. The SMILES string of the molecule is CCCOC(=O)C(F)(F)Br. The molecule has 60 valence electrons. The van der Waals surface area contributed by atoms with E-state index in [1.165, 1.54) is 0 Å². The predicted molar refractivity (Wildman–Crippen MR) is 35.1 cm³/mol. The van der Waals surface area contributed by atoms with Gasteiger partial charge in [0.15, 0.2) is 0 Å². The lowest BCUT2D eigenvalue weighted by Crippen LogP contribution is -2.23. The lowest BCUT2D eigenvalue weighted by Gasteiger charge is -2.06. The summed E-state index contributed by atoms with van der Waals surface area (Å²) in [5, 5.41) is 0. The first-order valence-electron chi connectivity index (χ1n) is 2.72. The van der Waals surface area contributed by atoms with Crippen LogP contribution in [0.3, 0.4) is 0 Å². The summed E-state index contributed by atoms with van der Waals surface area (Å²) in [6, 6.07) is 0. The second-order valence-electron chi connectivity index (χ2n) is 1.63. The average molecular weight is 217 g/mol. The minimum atomic E-state index is -3.54. The van der Waals surface area contributed by atoms with Crippen molar-refractivity contribution in [3.8, 4) is 0 Å². The summed E-state index contributed by atoms with van der Waals surface area (Å²) in [7, 11) is 0. The third kappa shape index (κ3) is 3.76. The van der Waals surface area contributed by atoms with Crippen LogP contribution in [0, 0.1) is 0 Å². The van der Waals surface area contributed by atoms with Gasteiger partial charge in [-0.05, 0) is 6.42 Å².